The van der Waals surface area contributed by atoms with Gasteiger partial charge >= 0.3 is 23.3 Å². The lowest BCUT2D eigenvalue weighted by Gasteiger charge is -2.31. The lowest BCUT2D eigenvalue weighted by atomic mass is 10.1. The first-order valence-corrected chi connectivity index (χ1v) is 7.05. The zero-order valence-corrected chi connectivity index (χ0v) is 12.5. The van der Waals surface area contributed by atoms with Gasteiger partial charge in [-0.3, -0.25) is 0 Å². The van der Waals surface area contributed by atoms with Crippen LogP contribution in [0.25, 0.3) is 0 Å². The Bertz CT molecular complexity index is 642. The maximum atomic E-state index is 13.2. The molecule has 0 radical (unpaired) electrons. The Hall–Kier alpha value is -1.30. The summed E-state index contributed by atoms with van der Waals surface area (Å²) in [5, 5.41) is -6.09. The van der Waals surface area contributed by atoms with E-state index in [4.69, 9.17) is 11.6 Å². The maximum absolute atomic E-state index is 13.2. The van der Waals surface area contributed by atoms with Crippen molar-refractivity contribution in [3.8, 4) is 0 Å². The molecule has 0 aliphatic carbocycles. The van der Waals surface area contributed by atoms with Gasteiger partial charge in [0, 0.05) is 11.2 Å². The van der Waals surface area contributed by atoms with E-state index in [9.17, 15) is 43.7 Å². The first kappa shape index (κ1) is 20.7. The SMILES string of the molecule is O=S(N=Cc1ccc(Cl)cc1)C(F)(F)C(F)(F)C(F)(F)C(F)(F)F. The summed E-state index contributed by atoms with van der Waals surface area (Å²) in [5.41, 5.74) is -0.0885. The normalized spacial score (nSPS) is 15.8. The predicted molar refractivity (Wildman–Crippen MR) is 68.1 cm³/mol. The first-order valence-electron chi connectivity index (χ1n) is 5.56. The second-order valence-electron chi connectivity index (χ2n) is 4.20. The van der Waals surface area contributed by atoms with E-state index in [-0.39, 0.29) is 10.6 Å². The highest BCUT2D eigenvalue weighted by atomic mass is 35.5. The second-order valence-corrected chi connectivity index (χ2v) is 5.86. The second kappa shape index (κ2) is 6.54. The van der Waals surface area contributed by atoms with Crippen molar-refractivity contribution in [1.82, 2.24) is 0 Å². The van der Waals surface area contributed by atoms with E-state index in [0.717, 1.165) is 12.1 Å². The molecule has 1 aromatic carbocycles. The van der Waals surface area contributed by atoms with Gasteiger partial charge in [-0.2, -0.15) is 43.9 Å². The third kappa shape index (κ3) is 3.68. The molecule has 0 saturated carbocycles. The Morgan fingerprint density at radius 3 is 1.75 bits per heavy atom. The molecule has 1 atom stereocenters. The summed E-state index contributed by atoms with van der Waals surface area (Å²) in [6, 6.07) is 4.64. The van der Waals surface area contributed by atoms with Crippen molar-refractivity contribution in [2.24, 2.45) is 4.40 Å². The van der Waals surface area contributed by atoms with E-state index < -0.39 is 34.3 Å². The minimum atomic E-state index is -7.12. The highest BCUT2D eigenvalue weighted by Gasteiger charge is 2.83. The Kier molecular flexibility index (Phi) is 5.65. The molecule has 136 valence electrons. The van der Waals surface area contributed by atoms with Gasteiger partial charge in [0.15, 0.2) is 0 Å². The summed E-state index contributed by atoms with van der Waals surface area (Å²) in [5.74, 6) is -14.1. The highest BCUT2D eigenvalue weighted by Crippen LogP contribution is 2.54. The van der Waals surface area contributed by atoms with Crippen LogP contribution < -0.4 is 0 Å². The smallest absolute Gasteiger partial charge is 0.228 e. The van der Waals surface area contributed by atoms with E-state index in [1.54, 1.807) is 0 Å². The third-order valence-electron chi connectivity index (χ3n) is 2.50. The number of rotatable bonds is 5. The van der Waals surface area contributed by atoms with E-state index >= 15 is 0 Å². The van der Waals surface area contributed by atoms with E-state index in [1.165, 1.54) is 12.1 Å². The van der Waals surface area contributed by atoms with Gasteiger partial charge in [-0.25, -0.2) is 4.21 Å². The van der Waals surface area contributed by atoms with Gasteiger partial charge < -0.3 is 0 Å². The Labute approximate surface area is 135 Å². The molecule has 1 unspecified atom stereocenters. The Morgan fingerprint density at radius 1 is 0.875 bits per heavy atom. The summed E-state index contributed by atoms with van der Waals surface area (Å²) in [4.78, 5) is 0. The fourth-order valence-electron chi connectivity index (χ4n) is 1.19. The van der Waals surface area contributed by atoms with Crippen molar-refractivity contribution in [1.29, 1.82) is 0 Å². The molecule has 24 heavy (non-hydrogen) atoms. The van der Waals surface area contributed by atoms with Gasteiger partial charge in [0.25, 0.3) is 0 Å². The lowest BCUT2D eigenvalue weighted by molar-refractivity contribution is -0.381. The average molecular weight is 406 g/mol. The van der Waals surface area contributed by atoms with Crippen LogP contribution in [0.3, 0.4) is 0 Å². The minimum absolute atomic E-state index is 0.0885. The molecule has 0 aliphatic heterocycles. The number of benzene rings is 1. The number of hydrogen-bond acceptors (Lipinski definition) is 1. The lowest BCUT2D eigenvalue weighted by Crippen LogP contribution is -2.61. The molecular weight excluding hydrogens is 401 g/mol. The van der Waals surface area contributed by atoms with Crippen LogP contribution in [0.4, 0.5) is 39.5 Å². The van der Waals surface area contributed by atoms with Crippen molar-refractivity contribution in [3.05, 3.63) is 34.9 Å². The predicted octanol–water partition coefficient (Wildman–Crippen LogP) is 4.85. The molecule has 0 saturated heterocycles. The molecule has 0 amide bonds. The summed E-state index contributed by atoms with van der Waals surface area (Å²) < 4.78 is 127. The summed E-state index contributed by atoms with van der Waals surface area (Å²) >= 11 is 5.49. The standard InChI is InChI=1S/C11H5ClF9NOS/c12-7-3-1-6(2-4-7)5-22-24(23)11(20,21)9(15,16)8(13,14)10(17,18)19/h1-5H. The zero-order valence-electron chi connectivity index (χ0n) is 10.9. The zero-order chi connectivity index (χ0) is 19.0. The molecule has 2 nitrogen and oxygen atoms in total. The molecule has 0 aromatic heterocycles. The van der Waals surface area contributed by atoms with Crippen molar-refractivity contribution in [3.63, 3.8) is 0 Å². The average Bonchev–Trinajstić information content (AvgIpc) is 2.44. The topological polar surface area (TPSA) is 29.4 Å². The molecule has 0 heterocycles. The van der Waals surface area contributed by atoms with Crippen LogP contribution in [-0.4, -0.2) is 33.7 Å². The highest BCUT2D eigenvalue weighted by molar-refractivity contribution is 7.85. The fourth-order valence-corrected chi connectivity index (χ4v) is 2.02. The molecule has 1 rings (SSSR count). The van der Waals surface area contributed by atoms with E-state index in [2.05, 4.69) is 4.40 Å². The van der Waals surface area contributed by atoms with Crippen LogP contribution in [0, 0.1) is 0 Å². The number of nitrogens with zero attached hydrogens (tertiary/aromatic N) is 1. The molecular formula is C11H5ClF9NOS. The van der Waals surface area contributed by atoms with Crippen LogP contribution in [-0.2, 0) is 11.0 Å². The van der Waals surface area contributed by atoms with Gasteiger partial charge in [0.1, 0.15) is 0 Å². The quantitative estimate of drug-likeness (QED) is 0.509. The van der Waals surface area contributed by atoms with Crippen LogP contribution in [0.15, 0.2) is 28.7 Å². The Balaban J connectivity index is 3.13. The molecule has 0 fully saturated rings. The van der Waals surface area contributed by atoms with Gasteiger partial charge in [-0.1, -0.05) is 23.7 Å². The van der Waals surface area contributed by atoms with Crippen LogP contribution in [0.2, 0.25) is 5.02 Å². The molecule has 0 N–H and O–H groups in total. The molecule has 0 spiro atoms. The van der Waals surface area contributed by atoms with Crippen molar-refractivity contribution < 1.29 is 43.7 Å². The van der Waals surface area contributed by atoms with Gasteiger partial charge in [0.05, 0.1) is 0 Å². The molecule has 13 heteroatoms. The number of alkyl halides is 9. The van der Waals surface area contributed by atoms with Gasteiger partial charge in [-0.15, -0.1) is 0 Å². The fraction of sp³-hybridized carbons (Fsp3) is 0.364. The summed E-state index contributed by atoms with van der Waals surface area (Å²) in [6.45, 7) is 0. The summed E-state index contributed by atoms with van der Waals surface area (Å²) in [6.07, 6.45) is -6.65. The van der Waals surface area contributed by atoms with Crippen molar-refractivity contribution >= 4 is 28.8 Å². The molecule has 0 aliphatic rings. The molecule has 1 aromatic rings. The van der Waals surface area contributed by atoms with Crippen molar-refractivity contribution in [2.45, 2.75) is 23.3 Å². The largest absolute Gasteiger partial charge is 0.460 e. The molecule has 0 bridgehead atoms. The number of hydrogen-bond donors (Lipinski definition) is 0. The van der Waals surface area contributed by atoms with E-state index in [1.807, 2.05) is 0 Å². The van der Waals surface area contributed by atoms with Crippen LogP contribution >= 0.6 is 11.6 Å². The van der Waals surface area contributed by atoms with Crippen LogP contribution in [0.5, 0.6) is 0 Å². The van der Waals surface area contributed by atoms with Gasteiger partial charge in [-0.05, 0) is 17.7 Å². The van der Waals surface area contributed by atoms with Crippen LogP contribution in [0.1, 0.15) is 5.56 Å². The Morgan fingerprint density at radius 2 is 1.33 bits per heavy atom. The van der Waals surface area contributed by atoms with Gasteiger partial charge in [0.2, 0.25) is 11.0 Å². The first-order chi connectivity index (χ1) is 10.6. The minimum Gasteiger partial charge on any atom is -0.228 e. The van der Waals surface area contributed by atoms with Crippen molar-refractivity contribution in [2.75, 3.05) is 0 Å². The maximum Gasteiger partial charge on any atom is 0.460 e. The summed E-state index contributed by atoms with van der Waals surface area (Å²) in [7, 11) is -4.41. The van der Waals surface area contributed by atoms with E-state index in [0.29, 0.717) is 6.21 Å². The number of halogens is 10. The third-order valence-corrected chi connectivity index (χ3v) is 3.75. The monoisotopic (exact) mass is 405 g/mol.